The lowest BCUT2D eigenvalue weighted by Gasteiger charge is -2.02. The largest absolute Gasteiger partial charge is 0.244 e. The molecule has 2 heterocycles. The average Bonchev–Trinajstić information content (AvgIpc) is 2.72. The Hall–Kier alpha value is -1.87. The van der Waals surface area contributed by atoms with Gasteiger partial charge >= 0.3 is 0 Å². The second kappa shape index (κ2) is 3.61. The predicted octanol–water partition coefficient (Wildman–Crippen LogP) is 3.07. The van der Waals surface area contributed by atoms with Crippen molar-refractivity contribution in [2.24, 2.45) is 0 Å². The Bertz CT molecular complexity index is 645. The fourth-order valence-corrected chi connectivity index (χ4v) is 1.87. The van der Waals surface area contributed by atoms with Gasteiger partial charge in [0.25, 0.3) is 0 Å². The van der Waals surface area contributed by atoms with Crippen molar-refractivity contribution in [3.63, 3.8) is 0 Å². The van der Waals surface area contributed by atoms with Crippen molar-refractivity contribution in [1.82, 2.24) is 14.8 Å². The van der Waals surface area contributed by atoms with Gasteiger partial charge in [-0.2, -0.15) is 5.10 Å². The third kappa shape index (κ3) is 1.46. The number of nitrogens with zero attached hydrogens (tertiary/aromatic N) is 3. The van der Waals surface area contributed by atoms with Crippen LogP contribution in [0.4, 0.5) is 0 Å². The van der Waals surface area contributed by atoms with Crippen LogP contribution >= 0.6 is 11.6 Å². The molecule has 16 heavy (non-hydrogen) atoms. The molecule has 0 aliphatic heterocycles. The smallest absolute Gasteiger partial charge is 0.131 e. The Morgan fingerprint density at radius 2 is 2.00 bits per heavy atom. The van der Waals surface area contributed by atoms with Crippen LogP contribution in [0.3, 0.4) is 0 Å². The van der Waals surface area contributed by atoms with Gasteiger partial charge in [-0.3, -0.25) is 0 Å². The van der Waals surface area contributed by atoms with Gasteiger partial charge in [0.05, 0.1) is 17.4 Å². The minimum atomic E-state index is 0.470. The van der Waals surface area contributed by atoms with Crippen molar-refractivity contribution in [3.8, 4) is 5.69 Å². The van der Waals surface area contributed by atoms with Crippen LogP contribution in [0.1, 0.15) is 0 Å². The van der Waals surface area contributed by atoms with E-state index in [1.165, 1.54) is 0 Å². The first-order valence-electron chi connectivity index (χ1n) is 4.89. The number of pyridine rings is 1. The monoisotopic (exact) mass is 229 g/mol. The summed E-state index contributed by atoms with van der Waals surface area (Å²) in [5.74, 6) is 0. The van der Waals surface area contributed by atoms with E-state index in [9.17, 15) is 0 Å². The van der Waals surface area contributed by atoms with Crippen molar-refractivity contribution < 1.29 is 0 Å². The molecule has 1 aromatic carbocycles. The van der Waals surface area contributed by atoms with Gasteiger partial charge in [0.2, 0.25) is 0 Å². The van der Waals surface area contributed by atoms with Crippen molar-refractivity contribution in [2.75, 3.05) is 0 Å². The van der Waals surface area contributed by atoms with E-state index in [0.29, 0.717) is 5.15 Å². The maximum atomic E-state index is 5.86. The van der Waals surface area contributed by atoms with Crippen LogP contribution in [0, 0.1) is 0 Å². The molecule has 3 rings (SSSR count). The number of benzene rings is 1. The predicted molar refractivity (Wildman–Crippen MR) is 63.9 cm³/mol. The quantitative estimate of drug-likeness (QED) is 0.601. The third-order valence-electron chi connectivity index (χ3n) is 2.43. The molecule has 0 N–H and O–H groups in total. The molecule has 0 aliphatic carbocycles. The first-order chi connectivity index (χ1) is 7.84. The van der Waals surface area contributed by atoms with Gasteiger partial charge in [-0.15, -0.1) is 0 Å². The van der Waals surface area contributed by atoms with Gasteiger partial charge in [0.1, 0.15) is 5.15 Å². The second-order valence-corrected chi connectivity index (χ2v) is 3.84. The zero-order chi connectivity index (χ0) is 11.0. The van der Waals surface area contributed by atoms with E-state index in [-0.39, 0.29) is 0 Å². The molecular weight excluding hydrogens is 222 g/mol. The second-order valence-electron chi connectivity index (χ2n) is 3.45. The van der Waals surface area contributed by atoms with E-state index >= 15 is 0 Å². The summed E-state index contributed by atoms with van der Waals surface area (Å²) in [6.45, 7) is 0. The van der Waals surface area contributed by atoms with E-state index in [0.717, 1.165) is 16.6 Å². The van der Waals surface area contributed by atoms with Crippen molar-refractivity contribution in [2.45, 2.75) is 0 Å². The number of aromatic nitrogens is 3. The minimum absolute atomic E-state index is 0.470. The van der Waals surface area contributed by atoms with Crippen molar-refractivity contribution in [1.29, 1.82) is 0 Å². The zero-order valence-corrected chi connectivity index (χ0v) is 9.09. The summed E-state index contributed by atoms with van der Waals surface area (Å²) in [5, 5.41) is 5.91. The van der Waals surface area contributed by atoms with Gasteiger partial charge in [-0.1, -0.05) is 29.8 Å². The SMILES string of the molecule is Clc1cc(-n2ncc3ccccc32)ccn1. The molecule has 0 saturated carbocycles. The fraction of sp³-hybridized carbons (Fsp3) is 0. The average molecular weight is 230 g/mol. The van der Waals surface area contributed by atoms with Crippen LogP contribution in [0.5, 0.6) is 0 Å². The normalized spacial score (nSPS) is 10.8. The van der Waals surface area contributed by atoms with Crippen molar-refractivity contribution in [3.05, 3.63) is 53.9 Å². The Morgan fingerprint density at radius 1 is 1.12 bits per heavy atom. The molecule has 0 unspecified atom stereocenters. The van der Waals surface area contributed by atoms with Crippen LogP contribution < -0.4 is 0 Å². The van der Waals surface area contributed by atoms with Crippen molar-refractivity contribution >= 4 is 22.5 Å². The van der Waals surface area contributed by atoms with Crippen LogP contribution in [0.2, 0.25) is 5.15 Å². The van der Waals surface area contributed by atoms with E-state index in [4.69, 9.17) is 11.6 Å². The van der Waals surface area contributed by atoms with Crippen LogP contribution in [0.25, 0.3) is 16.6 Å². The van der Waals surface area contributed by atoms with E-state index in [2.05, 4.69) is 10.1 Å². The minimum Gasteiger partial charge on any atom is -0.244 e. The number of para-hydroxylation sites is 1. The topological polar surface area (TPSA) is 30.7 Å². The van der Waals surface area contributed by atoms with Gasteiger partial charge < -0.3 is 0 Å². The highest BCUT2D eigenvalue weighted by molar-refractivity contribution is 6.29. The Kier molecular flexibility index (Phi) is 2.11. The summed E-state index contributed by atoms with van der Waals surface area (Å²) >= 11 is 5.86. The molecule has 0 amide bonds. The lowest BCUT2D eigenvalue weighted by Crippen LogP contribution is -1.95. The number of hydrogen-bond acceptors (Lipinski definition) is 2. The Morgan fingerprint density at radius 3 is 2.88 bits per heavy atom. The summed E-state index contributed by atoms with van der Waals surface area (Å²) in [6, 6.07) is 11.7. The molecule has 3 nitrogen and oxygen atoms in total. The van der Waals surface area contributed by atoms with Crippen LogP contribution in [0.15, 0.2) is 48.8 Å². The molecule has 0 fully saturated rings. The molecule has 2 aromatic heterocycles. The lowest BCUT2D eigenvalue weighted by molar-refractivity contribution is 0.907. The van der Waals surface area contributed by atoms with E-state index < -0.39 is 0 Å². The standard InChI is InChI=1S/C12H8ClN3/c13-12-7-10(5-6-14-12)16-11-4-2-1-3-9(11)8-15-16/h1-8H. The molecule has 78 valence electrons. The summed E-state index contributed by atoms with van der Waals surface area (Å²) in [5.41, 5.74) is 1.98. The van der Waals surface area contributed by atoms with Gasteiger partial charge in [-0.05, 0) is 12.1 Å². The molecule has 0 radical (unpaired) electrons. The molecule has 0 atom stereocenters. The van der Waals surface area contributed by atoms with Crippen LogP contribution in [-0.4, -0.2) is 14.8 Å². The number of halogens is 1. The highest BCUT2D eigenvalue weighted by Crippen LogP contribution is 2.18. The summed E-state index contributed by atoms with van der Waals surface area (Å²) in [6.07, 6.45) is 3.51. The van der Waals surface area contributed by atoms with E-state index in [1.807, 2.05) is 41.2 Å². The molecule has 3 aromatic rings. The highest BCUT2D eigenvalue weighted by Gasteiger charge is 2.04. The molecule has 4 heteroatoms. The Labute approximate surface area is 97.3 Å². The van der Waals surface area contributed by atoms with Gasteiger partial charge in [0.15, 0.2) is 0 Å². The molecular formula is C12H8ClN3. The van der Waals surface area contributed by atoms with Gasteiger partial charge in [0, 0.05) is 17.6 Å². The third-order valence-corrected chi connectivity index (χ3v) is 2.64. The van der Waals surface area contributed by atoms with Gasteiger partial charge in [-0.25, -0.2) is 9.67 Å². The lowest BCUT2D eigenvalue weighted by atomic mass is 10.2. The molecule has 0 spiro atoms. The maximum absolute atomic E-state index is 5.86. The number of hydrogen-bond donors (Lipinski definition) is 0. The first-order valence-corrected chi connectivity index (χ1v) is 5.27. The fourth-order valence-electron chi connectivity index (χ4n) is 1.70. The first kappa shape index (κ1) is 9.36. The molecule has 0 aliphatic rings. The van der Waals surface area contributed by atoms with Crippen LogP contribution in [-0.2, 0) is 0 Å². The Balaban J connectivity index is 2.26. The summed E-state index contributed by atoms with van der Waals surface area (Å²) in [4.78, 5) is 3.95. The number of rotatable bonds is 1. The molecule has 0 bridgehead atoms. The zero-order valence-electron chi connectivity index (χ0n) is 8.34. The molecule has 0 saturated heterocycles. The highest BCUT2D eigenvalue weighted by atomic mass is 35.5. The summed E-state index contributed by atoms with van der Waals surface area (Å²) in [7, 11) is 0. The summed E-state index contributed by atoms with van der Waals surface area (Å²) < 4.78 is 1.85. The number of fused-ring (bicyclic) bond motifs is 1. The van der Waals surface area contributed by atoms with E-state index in [1.54, 1.807) is 12.3 Å². The maximum Gasteiger partial charge on any atom is 0.131 e.